The molecule has 1 amide bonds. The highest BCUT2D eigenvalue weighted by molar-refractivity contribution is 5.67. The lowest BCUT2D eigenvalue weighted by Crippen LogP contribution is -2.31. The van der Waals surface area contributed by atoms with Gasteiger partial charge in [0.05, 0.1) is 6.61 Å². The second-order valence-electron chi connectivity index (χ2n) is 4.30. The topological polar surface area (TPSA) is 70.6 Å². The van der Waals surface area contributed by atoms with Crippen LogP contribution in [-0.2, 0) is 11.3 Å². The Hall–Kier alpha value is -1.59. The van der Waals surface area contributed by atoms with Crippen molar-refractivity contribution < 1.29 is 14.6 Å². The van der Waals surface area contributed by atoms with Gasteiger partial charge in [0.15, 0.2) is 0 Å². The third-order valence-electron chi connectivity index (χ3n) is 2.84. The number of ether oxygens (including phenoxy) is 1. The minimum absolute atomic E-state index is 0.0853. The Kier molecular flexibility index (Phi) is 7.62. The Bertz CT molecular complexity index is 353. The smallest absolute Gasteiger partial charge is 0.407 e. The summed E-state index contributed by atoms with van der Waals surface area (Å²) >= 11 is 0. The number of benzene rings is 1. The molecule has 0 aliphatic carbocycles. The maximum absolute atomic E-state index is 11.4. The van der Waals surface area contributed by atoms with Crippen molar-refractivity contribution in [1.29, 1.82) is 0 Å². The lowest BCUT2D eigenvalue weighted by Gasteiger charge is -2.12. The number of hydrogen-bond acceptors (Lipinski definition) is 4. The van der Waals surface area contributed by atoms with Gasteiger partial charge in [0, 0.05) is 12.6 Å². The molecular weight excluding hydrogens is 244 g/mol. The van der Waals surface area contributed by atoms with E-state index in [1.165, 1.54) is 0 Å². The third kappa shape index (κ3) is 6.79. The van der Waals surface area contributed by atoms with Crippen LogP contribution in [0.4, 0.5) is 4.79 Å². The van der Waals surface area contributed by atoms with E-state index < -0.39 is 6.09 Å². The summed E-state index contributed by atoms with van der Waals surface area (Å²) in [5, 5.41) is 14.6. The molecule has 0 aromatic heterocycles. The lowest BCUT2D eigenvalue weighted by atomic mass is 10.2. The number of rotatable bonds is 8. The van der Waals surface area contributed by atoms with E-state index in [1.807, 2.05) is 37.4 Å². The largest absolute Gasteiger partial charge is 0.445 e. The molecule has 5 nitrogen and oxygen atoms in total. The Morgan fingerprint density at radius 1 is 1.37 bits per heavy atom. The van der Waals surface area contributed by atoms with Gasteiger partial charge in [-0.2, -0.15) is 0 Å². The van der Waals surface area contributed by atoms with Crippen molar-refractivity contribution in [2.75, 3.05) is 20.2 Å². The molecule has 1 unspecified atom stereocenters. The van der Waals surface area contributed by atoms with Crippen LogP contribution in [0.2, 0.25) is 0 Å². The van der Waals surface area contributed by atoms with Gasteiger partial charge in [-0.1, -0.05) is 30.3 Å². The van der Waals surface area contributed by atoms with Gasteiger partial charge >= 0.3 is 6.09 Å². The zero-order valence-electron chi connectivity index (χ0n) is 11.3. The molecule has 0 saturated carbocycles. The van der Waals surface area contributed by atoms with E-state index in [1.54, 1.807) is 0 Å². The standard InChI is InChI=1S/C14H22N2O3/c1-15-13(10-17)8-5-9-16-14(18)19-11-12-6-3-2-4-7-12/h2-4,6-7,13,15,17H,5,8-11H2,1H3,(H,16,18). The first-order chi connectivity index (χ1) is 9.26. The number of carbonyl (C=O) groups excluding carboxylic acids is 1. The molecule has 0 aliphatic heterocycles. The van der Waals surface area contributed by atoms with Crippen LogP contribution >= 0.6 is 0 Å². The fourth-order valence-corrected chi connectivity index (χ4v) is 1.64. The molecule has 1 aromatic carbocycles. The first kappa shape index (κ1) is 15.5. The Balaban J connectivity index is 2.08. The Morgan fingerprint density at radius 3 is 2.74 bits per heavy atom. The summed E-state index contributed by atoms with van der Waals surface area (Å²) in [5.41, 5.74) is 0.966. The van der Waals surface area contributed by atoms with E-state index in [0.717, 1.165) is 18.4 Å². The summed E-state index contributed by atoms with van der Waals surface area (Å²) in [7, 11) is 1.81. The Morgan fingerprint density at radius 2 is 2.11 bits per heavy atom. The lowest BCUT2D eigenvalue weighted by molar-refractivity contribution is 0.139. The van der Waals surface area contributed by atoms with E-state index in [2.05, 4.69) is 10.6 Å². The van der Waals surface area contributed by atoms with Gasteiger partial charge in [0.2, 0.25) is 0 Å². The van der Waals surface area contributed by atoms with Crippen LogP contribution in [0, 0.1) is 0 Å². The zero-order valence-corrected chi connectivity index (χ0v) is 11.3. The summed E-state index contributed by atoms with van der Waals surface area (Å²) < 4.78 is 5.07. The molecule has 0 spiro atoms. The summed E-state index contributed by atoms with van der Waals surface area (Å²) in [4.78, 5) is 11.4. The maximum atomic E-state index is 11.4. The average Bonchev–Trinajstić information content (AvgIpc) is 2.46. The number of aliphatic hydroxyl groups excluding tert-OH is 1. The summed E-state index contributed by atoms with van der Waals surface area (Å²) in [6.07, 6.45) is 1.20. The van der Waals surface area contributed by atoms with Crippen LogP contribution in [0.3, 0.4) is 0 Å². The number of likely N-dealkylation sites (N-methyl/N-ethyl adjacent to an activating group) is 1. The molecule has 19 heavy (non-hydrogen) atoms. The minimum Gasteiger partial charge on any atom is -0.445 e. The van der Waals surface area contributed by atoms with Gasteiger partial charge in [0.25, 0.3) is 0 Å². The quantitative estimate of drug-likeness (QED) is 0.620. The summed E-state index contributed by atoms with van der Waals surface area (Å²) in [6, 6.07) is 9.63. The van der Waals surface area contributed by atoms with Crippen LogP contribution in [0.5, 0.6) is 0 Å². The molecule has 0 radical (unpaired) electrons. The van der Waals surface area contributed by atoms with Gasteiger partial charge in [-0.15, -0.1) is 0 Å². The van der Waals surface area contributed by atoms with Crippen LogP contribution in [0.15, 0.2) is 30.3 Å². The van der Waals surface area contributed by atoms with E-state index in [4.69, 9.17) is 9.84 Å². The van der Waals surface area contributed by atoms with Crippen molar-refractivity contribution in [3.63, 3.8) is 0 Å². The minimum atomic E-state index is -0.408. The fraction of sp³-hybridized carbons (Fsp3) is 0.500. The number of hydrogen-bond donors (Lipinski definition) is 3. The first-order valence-electron chi connectivity index (χ1n) is 6.49. The van der Waals surface area contributed by atoms with Crippen molar-refractivity contribution in [1.82, 2.24) is 10.6 Å². The molecule has 0 heterocycles. The molecule has 3 N–H and O–H groups in total. The van der Waals surface area contributed by atoms with Gasteiger partial charge in [-0.05, 0) is 25.5 Å². The monoisotopic (exact) mass is 266 g/mol. The molecule has 0 fully saturated rings. The van der Waals surface area contributed by atoms with Crippen molar-refractivity contribution in [2.45, 2.75) is 25.5 Å². The number of nitrogens with one attached hydrogen (secondary N) is 2. The van der Waals surface area contributed by atoms with E-state index in [-0.39, 0.29) is 19.3 Å². The average molecular weight is 266 g/mol. The maximum Gasteiger partial charge on any atom is 0.407 e. The zero-order chi connectivity index (χ0) is 13.9. The molecule has 1 aromatic rings. The van der Waals surface area contributed by atoms with E-state index in [9.17, 15) is 4.79 Å². The predicted molar refractivity (Wildman–Crippen MR) is 73.8 cm³/mol. The van der Waals surface area contributed by atoms with Crippen LogP contribution in [0.1, 0.15) is 18.4 Å². The molecule has 1 rings (SSSR count). The molecule has 0 aliphatic rings. The van der Waals surface area contributed by atoms with Gasteiger partial charge in [0.1, 0.15) is 6.61 Å². The molecule has 106 valence electrons. The highest BCUT2D eigenvalue weighted by Crippen LogP contribution is 2.00. The first-order valence-corrected chi connectivity index (χ1v) is 6.49. The molecule has 0 bridgehead atoms. The van der Waals surface area contributed by atoms with Crippen LogP contribution in [-0.4, -0.2) is 37.4 Å². The molecule has 0 saturated heterocycles. The van der Waals surface area contributed by atoms with E-state index >= 15 is 0 Å². The normalized spacial score (nSPS) is 11.9. The number of alkyl carbamates (subject to hydrolysis) is 1. The van der Waals surface area contributed by atoms with Crippen molar-refractivity contribution in [3.8, 4) is 0 Å². The third-order valence-corrected chi connectivity index (χ3v) is 2.84. The number of aliphatic hydroxyl groups is 1. The van der Waals surface area contributed by atoms with Gasteiger partial charge < -0.3 is 20.5 Å². The van der Waals surface area contributed by atoms with Gasteiger partial charge in [-0.3, -0.25) is 0 Å². The van der Waals surface area contributed by atoms with Gasteiger partial charge in [-0.25, -0.2) is 4.79 Å². The second kappa shape index (κ2) is 9.35. The highest BCUT2D eigenvalue weighted by Gasteiger charge is 2.05. The molecule has 1 atom stereocenters. The summed E-state index contributed by atoms with van der Waals surface area (Å²) in [6.45, 7) is 0.934. The highest BCUT2D eigenvalue weighted by atomic mass is 16.5. The number of amides is 1. The van der Waals surface area contributed by atoms with Crippen molar-refractivity contribution in [3.05, 3.63) is 35.9 Å². The van der Waals surface area contributed by atoms with Crippen LogP contribution in [0.25, 0.3) is 0 Å². The van der Waals surface area contributed by atoms with Crippen molar-refractivity contribution >= 4 is 6.09 Å². The van der Waals surface area contributed by atoms with E-state index in [0.29, 0.717) is 6.54 Å². The van der Waals surface area contributed by atoms with Crippen molar-refractivity contribution in [2.24, 2.45) is 0 Å². The van der Waals surface area contributed by atoms with Crippen LogP contribution < -0.4 is 10.6 Å². The SMILES string of the molecule is CNC(CO)CCCNC(=O)OCc1ccccc1. The molecule has 5 heteroatoms. The Labute approximate surface area is 114 Å². The predicted octanol–water partition coefficient (Wildman–Crippen LogP) is 1.27. The number of carbonyl (C=O) groups is 1. The summed E-state index contributed by atoms with van der Waals surface area (Å²) in [5.74, 6) is 0. The second-order valence-corrected chi connectivity index (χ2v) is 4.30. The molecular formula is C14H22N2O3. The fourth-order valence-electron chi connectivity index (χ4n) is 1.64.